The van der Waals surface area contributed by atoms with Crippen molar-refractivity contribution in [1.82, 2.24) is 4.67 Å². The lowest BCUT2D eigenvalue weighted by Gasteiger charge is -2.44. The number of nitrogens with zero attached hydrogens (tertiary/aromatic N) is 2. The van der Waals surface area contributed by atoms with Crippen LogP contribution < -0.4 is 15.2 Å². The zero-order valence-electron chi connectivity index (χ0n) is 44.0. The zero-order chi connectivity index (χ0) is 54.0. The largest absolute Gasteiger partial charge is 0.497 e. The smallest absolute Gasteiger partial charge is 0.303 e. The highest BCUT2D eigenvalue weighted by Crippen LogP contribution is 2.48. The van der Waals surface area contributed by atoms with Crippen molar-refractivity contribution in [3.8, 4) is 17.6 Å². The van der Waals surface area contributed by atoms with Crippen LogP contribution in [0.4, 0.5) is 0 Å². The van der Waals surface area contributed by atoms with E-state index < -0.39 is 74.6 Å². The number of benzene rings is 3. The SMILES string of the molecule is COc1ccc(C(OC[C@H](COCCOCCOCCO[C@@H]2O[C@H](COC(C)=O)[C@H](OC(C)=O)[C@H](OC(C)=O)[C@H]2CC(N)=O)OP(OCCC#N)N(C(C)C)C(C)C)(c2ccccc2)c2ccc(OC)cc2)cc1. The molecule has 74 heavy (non-hydrogen) atoms. The van der Waals surface area contributed by atoms with Gasteiger partial charge in [-0.2, -0.15) is 5.26 Å². The molecular formula is C53H74N3O17P. The van der Waals surface area contributed by atoms with Gasteiger partial charge in [0.15, 0.2) is 12.4 Å². The molecule has 7 atom stereocenters. The van der Waals surface area contributed by atoms with E-state index in [0.717, 1.165) is 30.5 Å². The number of amides is 1. The second kappa shape index (κ2) is 32.2. The Morgan fingerprint density at radius 2 is 1.23 bits per heavy atom. The molecule has 20 nitrogen and oxygen atoms in total. The molecule has 3 aromatic rings. The number of nitrogens with two attached hydrogens (primary N) is 1. The van der Waals surface area contributed by atoms with E-state index in [-0.39, 0.29) is 91.0 Å². The number of primary amides is 1. The predicted molar refractivity (Wildman–Crippen MR) is 270 cm³/mol. The molecule has 1 aliphatic rings. The number of carbonyl (C=O) groups excluding carboxylic acids is 4. The molecule has 1 saturated heterocycles. The molecule has 3 aromatic carbocycles. The van der Waals surface area contributed by atoms with Crippen molar-refractivity contribution in [2.75, 3.05) is 80.3 Å². The monoisotopic (exact) mass is 1060 g/mol. The van der Waals surface area contributed by atoms with Gasteiger partial charge in [0.1, 0.15) is 42.0 Å². The minimum Gasteiger partial charge on any atom is -0.497 e. The molecule has 4 rings (SSSR count). The highest BCUT2D eigenvalue weighted by atomic mass is 31.2. The number of esters is 3. The maximum absolute atomic E-state index is 12.2. The normalized spacial score (nSPS) is 18.6. The van der Waals surface area contributed by atoms with Crippen molar-refractivity contribution < 1.29 is 80.3 Å². The maximum Gasteiger partial charge on any atom is 0.303 e. The number of methoxy groups -OCH3 is 2. The topological polar surface area (TPSA) is 241 Å². The fourth-order valence-corrected chi connectivity index (χ4v) is 9.96. The molecule has 0 aromatic heterocycles. The summed E-state index contributed by atoms with van der Waals surface area (Å²) in [5.74, 6) is -2.39. The van der Waals surface area contributed by atoms with Crippen LogP contribution >= 0.6 is 8.53 Å². The quantitative estimate of drug-likeness (QED) is 0.0224. The Hall–Kier alpha value is -5.30. The lowest BCUT2D eigenvalue weighted by Crippen LogP contribution is -2.60. The second-order valence-electron chi connectivity index (χ2n) is 17.6. The Balaban J connectivity index is 1.45. The lowest BCUT2D eigenvalue weighted by molar-refractivity contribution is -0.293. The Bertz CT molecular complexity index is 2120. The van der Waals surface area contributed by atoms with Gasteiger partial charge in [-0.3, -0.25) is 19.2 Å². The van der Waals surface area contributed by atoms with Gasteiger partial charge in [-0.1, -0.05) is 54.6 Å². The van der Waals surface area contributed by atoms with E-state index in [2.05, 4.69) is 38.4 Å². The summed E-state index contributed by atoms with van der Waals surface area (Å²) in [5.41, 5.74) is 6.97. The zero-order valence-corrected chi connectivity index (χ0v) is 44.9. The van der Waals surface area contributed by atoms with Gasteiger partial charge in [0.05, 0.1) is 92.1 Å². The fraction of sp³-hybridized carbons (Fsp3) is 0.566. The fourth-order valence-electron chi connectivity index (χ4n) is 8.28. The summed E-state index contributed by atoms with van der Waals surface area (Å²) in [6.45, 7) is 12.6. The van der Waals surface area contributed by atoms with Crippen molar-refractivity contribution in [3.05, 3.63) is 95.6 Å². The van der Waals surface area contributed by atoms with E-state index >= 15 is 0 Å². The average molecular weight is 1060 g/mol. The van der Waals surface area contributed by atoms with E-state index in [1.165, 1.54) is 6.92 Å². The minimum absolute atomic E-state index is 0.0336. The summed E-state index contributed by atoms with van der Waals surface area (Å²) in [5, 5.41) is 9.41. The summed E-state index contributed by atoms with van der Waals surface area (Å²) in [7, 11) is 1.54. The van der Waals surface area contributed by atoms with E-state index in [4.69, 9.17) is 66.9 Å². The Labute approximate surface area is 436 Å². The molecule has 0 spiro atoms. The van der Waals surface area contributed by atoms with Gasteiger partial charge in [0, 0.05) is 39.3 Å². The van der Waals surface area contributed by atoms with Crippen LogP contribution in [0.2, 0.25) is 0 Å². The molecule has 0 saturated carbocycles. The van der Waals surface area contributed by atoms with Crippen LogP contribution in [0.5, 0.6) is 11.5 Å². The van der Waals surface area contributed by atoms with Gasteiger partial charge in [0.2, 0.25) is 5.91 Å². The van der Waals surface area contributed by atoms with Crippen molar-refractivity contribution in [3.63, 3.8) is 0 Å². The molecule has 1 aliphatic heterocycles. The first-order chi connectivity index (χ1) is 35.5. The molecule has 1 fully saturated rings. The molecule has 2 N–H and O–H groups in total. The van der Waals surface area contributed by atoms with E-state index in [1.54, 1.807) is 14.2 Å². The Morgan fingerprint density at radius 3 is 1.73 bits per heavy atom. The maximum atomic E-state index is 12.2. The van der Waals surface area contributed by atoms with Crippen LogP contribution in [-0.4, -0.2) is 152 Å². The van der Waals surface area contributed by atoms with Crippen LogP contribution in [0.1, 0.15) is 78.0 Å². The molecule has 21 heteroatoms. The third-order valence-electron chi connectivity index (χ3n) is 11.4. The van der Waals surface area contributed by atoms with Crippen molar-refractivity contribution in [1.29, 1.82) is 5.26 Å². The highest BCUT2D eigenvalue weighted by molar-refractivity contribution is 7.44. The summed E-state index contributed by atoms with van der Waals surface area (Å²) in [6, 6.07) is 27.7. The van der Waals surface area contributed by atoms with Crippen LogP contribution in [-0.2, 0) is 76.5 Å². The summed E-state index contributed by atoms with van der Waals surface area (Å²) in [6.07, 6.45) is -5.56. The van der Waals surface area contributed by atoms with Gasteiger partial charge in [0.25, 0.3) is 8.53 Å². The second-order valence-corrected chi connectivity index (χ2v) is 19.0. The molecule has 0 aliphatic carbocycles. The van der Waals surface area contributed by atoms with E-state index in [0.29, 0.717) is 11.5 Å². The van der Waals surface area contributed by atoms with Gasteiger partial charge in [-0.15, -0.1) is 0 Å². The van der Waals surface area contributed by atoms with Crippen molar-refractivity contribution in [2.45, 2.75) is 110 Å². The summed E-state index contributed by atoms with van der Waals surface area (Å²) < 4.78 is 79.6. The molecular weight excluding hydrogens is 982 g/mol. The number of nitriles is 1. The Kier molecular flexibility index (Phi) is 26.7. The number of hydrogen-bond donors (Lipinski definition) is 1. The molecule has 0 radical (unpaired) electrons. The van der Waals surface area contributed by atoms with Crippen LogP contribution in [0.25, 0.3) is 0 Å². The first kappa shape index (κ1) is 61.2. The van der Waals surface area contributed by atoms with Crippen LogP contribution in [0, 0.1) is 17.2 Å². The van der Waals surface area contributed by atoms with Gasteiger partial charge in [-0.05, 0) is 68.7 Å². The first-order valence-electron chi connectivity index (χ1n) is 24.5. The van der Waals surface area contributed by atoms with E-state index in [9.17, 15) is 24.4 Å². The van der Waals surface area contributed by atoms with Crippen molar-refractivity contribution >= 4 is 32.3 Å². The van der Waals surface area contributed by atoms with Gasteiger partial charge in [-0.25, -0.2) is 4.67 Å². The Morgan fingerprint density at radius 1 is 0.703 bits per heavy atom. The summed E-state index contributed by atoms with van der Waals surface area (Å²) in [4.78, 5) is 48.1. The van der Waals surface area contributed by atoms with Gasteiger partial charge < -0.3 is 66.9 Å². The molecule has 408 valence electrons. The standard InChI is InChI=1S/C53H74N3O17P/c1-36(2)56(37(3)4)74(69-25-13-24-54)73-46(34-68-53(41-14-11-10-12-15-41,42-16-20-44(61-8)21-17-42)43-18-22-45(62-9)23-19-43)33-65-29-28-63-26-27-64-30-31-66-52-47(32-49(55)60)50(70-39(6)58)51(71-40(7)59)48(72-52)35-67-38(5)57/h10-12,14-23,36-37,46-48,50-52H,13,25-35H2,1-9H3,(H2,55,60)/t46-,47+,48+,50+,51-,52+,74?/m0/s1. The number of rotatable bonds is 34. The van der Waals surface area contributed by atoms with E-state index in [1.807, 2.05) is 78.9 Å². The first-order valence-corrected chi connectivity index (χ1v) is 25.7. The molecule has 0 bridgehead atoms. The molecule has 1 amide bonds. The van der Waals surface area contributed by atoms with Crippen LogP contribution in [0.3, 0.4) is 0 Å². The molecule has 1 heterocycles. The minimum atomic E-state index is -1.70. The summed E-state index contributed by atoms with van der Waals surface area (Å²) >= 11 is 0. The number of hydrogen-bond acceptors (Lipinski definition) is 19. The van der Waals surface area contributed by atoms with Gasteiger partial charge >= 0.3 is 17.9 Å². The molecule has 1 unspecified atom stereocenters. The average Bonchev–Trinajstić information content (AvgIpc) is 3.36. The van der Waals surface area contributed by atoms with Crippen molar-refractivity contribution in [2.24, 2.45) is 11.7 Å². The predicted octanol–water partition coefficient (Wildman–Crippen LogP) is 6.38. The number of ether oxygens (including phenoxy) is 11. The highest BCUT2D eigenvalue weighted by Gasteiger charge is 2.51. The lowest BCUT2D eigenvalue weighted by atomic mass is 9.80. The third-order valence-corrected chi connectivity index (χ3v) is 13.6. The van der Waals surface area contributed by atoms with Crippen LogP contribution in [0.15, 0.2) is 78.9 Å². The third kappa shape index (κ3) is 19.1. The number of carbonyl (C=O) groups is 4.